The fraction of sp³-hybridized carbons (Fsp3) is 0.368. The number of imide groups is 1. The molecule has 6 nitrogen and oxygen atoms in total. The summed E-state index contributed by atoms with van der Waals surface area (Å²) < 4.78 is 11.1. The van der Waals surface area contributed by atoms with E-state index in [9.17, 15) is 9.59 Å². The van der Waals surface area contributed by atoms with Gasteiger partial charge in [-0.15, -0.1) is 0 Å². The molecule has 1 aliphatic heterocycles. The second-order valence-electron chi connectivity index (χ2n) is 6.35. The molecule has 6 heteroatoms. The Bertz CT molecular complexity index is 781. The molecule has 0 unspecified atom stereocenters. The molecule has 25 heavy (non-hydrogen) atoms. The first kappa shape index (κ1) is 17.1. The van der Waals surface area contributed by atoms with Crippen molar-refractivity contribution >= 4 is 11.9 Å². The third-order valence-electron chi connectivity index (χ3n) is 4.25. The van der Waals surface area contributed by atoms with Gasteiger partial charge in [-0.1, -0.05) is 19.1 Å². The number of aryl methyl sites for hydroxylation is 1. The summed E-state index contributed by atoms with van der Waals surface area (Å²) >= 11 is 0. The van der Waals surface area contributed by atoms with Crippen molar-refractivity contribution in [1.29, 1.82) is 0 Å². The van der Waals surface area contributed by atoms with Gasteiger partial charge in [-0.2, -0.15) is 0 Å². The van der Waals surface area contributed by atoms with Gasteiger partial charge < -0.3 is 14.5 Å². The Morgan fingerprint density at radius 2 is 1.88 bits per heavy atom. The summed E-state index contributed by atoms with van der Waals surface area (Å²) in [7, 11) is 0. The zero-order valence-electron chi connectivity index (χ0n) is 14.7. The van der Waals surface area contributed by atoms with E-state index in [0.717, 1.165) is 17.7 Å². The number of carbonyl (C=O) groups is 2. The van der Waals surface area contributed by atoms with Crippen LogP contribution >= 0.6 is 0 Å². The van der Waals surface area contributed by atoms with Crippen LogP contribution in [-0.2, 0) is 16.9 Å². The third kappa shape index (κ3) is 3.24. The highest BCUT2D eigenvalue weighted by molar-refractivity contribution is 6.06. The van der Waals surface area contributed by atoms with Crippen molar-refractivity contribution in [3.63, 3.8) is 0 Å². The molecule has 1 saturated heterocycles. The molecule has 0 bridgehead atoms. The number of hydrogen-bond acceptors (Lipinski definition) is 4. The minimum Gasteiger partial charge on any atom is -0.494 e. The quantitative estimate of drug-likeness (QED) is 0.817. The van der Waals surface area contributed by atoms with E-state index >= 15 is 0 Å². The molecule has 132 valence electrons. The van der Waals surface area contributed by atoms with Crippen LogP contribution in [0.3, 0.4) is 0 Å². The second-order valence-corrected chi connectivity index (χ2v) is 6.35. The van der Waals surface area contributed by atoms with Crippen LogP contribution in [0.5, 0.6) is 5.75 Å². The predicted octanol–water partition coefficient (Wildman–Crippen LogP) is 3.34. The minimum absolute atomic E-state index is 0.202. The van der Waals surface area contributed by atoms with Gasteiger partial charge in [0, 0.05) is 0 Å². The second kappa shape index (κ2) is 6.63. The average molecular weight is 342 g/mol. The van der Waals surface area contributed by atoms with Crippen molar-refractivity contribution in [3.8, 4) is 5.75 Å². The zero-order valence-corrected chi connectivity index (χ0v) is 14.7. The summed E-state index contributed by atoms with van der Waals surface area (Å²) in [6, 6.07) is 10.5. The topological polar surface area (TPSA) is 71.8 Å². The Morgan fingerprint density at radius 3 is 2.48 bits per heavy atom. The summed E-state index contributed by atoms with van der Waals surface area (Å²) in [6.07, 6.45) is 0.940. The molecular weight excluding hydrogens is 320 g/mol. The van der Waals surface area contributed by atoms with E-state index in [4.69, 9.17) is 9.15 Å². The summed E-state index contributed by atoms with van der Waals surface area (Å²) in [5.74, 6) is 1.59. The Labute approximate surface area is 146 Å². The summed E-state index contributed by atoms with van der Waals surface area (Å²) in [5, 5.41) is 2.74. The third-order valence-corrected chi connectivity index (χ3v) is 4.25. The molecule has 3 amide bonds. The smallest absolute Gasteiger partial charge is 0.325 e. The van der Waals surface area contributed by atoms with Crippen LogP contribution in [0, 0.1) is 6.92 Å². The van der Waals surface area contributed by atoms with Crippen molar-refractivity contribution in [2.75, 3.05) is 6.61 Å². The van der Waals surface area contributed by atoms with Gasteiger partial charge in [0.05, 0.1) is 13.2 Å². The van der Waals surface area contributed by atoms with E-state index < -0.39 is 11.6 Å². The van der Waals surface area contributed by atoms with E-state index in [1.54, 1.807) is 26.0 Å². The van der Waals surface area contributed by atoms with Crippen molar-refractivity contribution in [2.24, 2.45) is 0 Å². The van der Waals surface area contributed by atoms with Gasteiger partial charge in [0.15, 0.2) is 5.54 Å². The van der Waals surface area contributed by atoms with Crippen molar-refractivity contribution in [2.45, 2.75) is 39.3 Å². The number of nitrogens with zero attached hydrogens (tertiary/aromatic N) is 1. The first-order chi connectivity index (χ1) is 11.9. The Kier molecular flexibility index (Phi) is 4.53. The van der Waals surface area contributed by atoms with Crippen molar-refractivity contribution in [1.82, 2.24) is 10.2 Å². The number of amides is 3. The fourth-order valence-corrected chi connectivity index (χ4v) is 2.80. The highest BCUT2D eigenvalue weighted by atomic mass is 16.5. The molecule has 1 aromatic heterocycles. The van der Waals surface area contributed by atoms with E-state index in [0.29, 0.717) is 18.1 Å². The molecule has 2 aromatic rings. The van der Waals surface area contributed by atoms with Crippen LogP contribution in [0.25, 0.3) is 0 Å². The fourth-order valence-electron chi connectivity index (χ4n) is 2.80. The highest BCUT2D eigenvalue weighted by Crippen LogP contribution is 2.31. The van der Waals surface area contributed by atoms with Gasteiger partial charge in [0.1, 0.15) is 17.3 Å². The normalized spacial score (nSPS) is 20.0. The Hall–Kier alpha value is -2.76. The molecule has 1 aliphatic rings. The molecular formula is C19H22N2O4. The molecule has 0 saturated carbocycles. The van der Waals surface area contributed by atoms with Crippen molar-refractivity contribution in [3.05, 3.63) is 53.5 Å². The molecule has 0 aliphatic carbocycles. The number of furan rings is 1. The van der Waals surface area contributed by atoms with Crippen LogP contribution in [0.4, 0.5) is 4.79 Å². The number of rotatable bonds is 6. The lowest BCUT2D eigenvalue weighted by atomic mass is 9.99. The molecule has 1 atom stereocenters. The van der Waals surface area contributed by atoms with Gasteiger partial charge in [-0.3, -0.25) is 9.69 Å². The Morgan fingerprint density at radius 1 is 1.16 bits per heavy atom. The van der Waals surface area contributed by atoms with E-state index in [1.807, 2.05) is 31.2 Å². The first-order valence-electron chi connectivity index (χ1n) is 8.37. The standard InChI is InChI=1S/C19H22N2O4/c1-4-11-24-15-8-6-14(7-9-15)12-21-17(22)19(3,20-18(21)23)16-10-5-13(2)25-16/h5-10H,4,11-12H2,1-3H3,(H,20,23)/t19-/m1/s1. The highest BCUT2D eigenvalue weighted by Gasteiger charge is 2.50. The molecule has 0 radical (unpaired) electrons. The zero-order chi connectivity index (χ0) is 18.0. The van der Waals surface area contributed by atoms with Crippen LogP contribution in [0.1, 0.15) is 37.4 Å². The molecule has 3 rings (SSSR count). The van der Waals surface area contributed by atoms with Crippen LogP contribution in [0.2, 0.25) is 0 Å². The molecule has 2 heterocycles. The molecule has 1 aromatic carbocycles. The lowest BCUT2D eigenvalue weighted by Gasteiger charge is -2.19. The number of urea groups is 1. The maximum Gasteiger partial charge on any atom is 0.325 e. The van der Waals surface area contributed by atoms with Crippen LogP contribution in [0.15, 0.2) is 40.8 Å². The number of nitrogens with one attached hydrogen (secondary N) is 1. The SMILES string of the molecule is CCCOc1ccc(CN2C(=O)N[C@](C)(c3ccc(C)o3)C2=O)cc1. The van der Waals surface area contributed by atoms with Gasteiger partial charge in [-0.25, -0.2) is 4.79 Å². The van der Waals surface area contributed by atoms with Crippen molar-refractivity contribution < 1.29 is 18.7 Å². The summed E-state index contributed by atoms with van der Waals surface area (Å²) in [4.78, 5) is 26.3. The van der Waals surface area contributed by atoms with E-state index in [-0.39, 0.29) is 12.5 Å². The number of hydrogen-bond donors (Lipinski definition) is 1. The maximum atomic E-state index is 12.8. The number of carbonyl (C=O) groups excluding carboxylic acids is 2. The molecule has 0 spiro atoms. The number of benzene rings is 1. The lowest BCUT2D eigenvalue weighted by molar-refractivity contribution is -0.132. The Balaban J connectivity index is 1.75. The van der Waals surface area contributed by atoms with Crippen LogP contribution in [-0.4, -0.2) is 23.4 Å². The summed E-state index contributed by atoms with van der Waals surface area (Å²) in [5.41, 5.74) is -0.317. The lowest BCUT2D eigenvalue weighted by Crippen LogP contribution is -2.40. The average Bonchev–Trinajstić information content (AvgIpc) is 3.12. The largest absolute Gasteiger partial charge is 0.494 e. The summed E-state index contributed by atoms with van der Waals surface area (Å²) in [6.45, 7) is 6.37. The van der Waals surface area contributed by atoms with E-state index in [2.05, 4.69) is 5.32 Å². The van der Waals surface area contributed by atoms with Gasteiger partial charge in [-0.05, 0) is 50.1 Å². The predicted molar refractivity (Wildman–Crippen MR) is 92.1 cm³/mol. The van der Waals surface area contributed by atoms with Gasteiger partial charge in [0.25, 0.3) is 5.91 Å². The first-order valence-corrected chi connectivity index (χ1v) is 8.37. The van der Waals surface area contributed by atoms with Gasteiger partial charge in [0.2, 0.25) is 0 Å². The molecule has 1 N–H and O–H groups in total. The van der Waals surface area contributed by atoms with E-state index in [1.165, 1.54) is 4.90 Å². The minimum atomic E-state index is -1.17. The van der Waals surface area contributed by atoms with Crippen LogP contribution < -0.4 is 10.1 Å². The molecule has 1 fully saturated rings. The monoisotopic (exact) mass is 342 g/mol. The van der Waals surface area contributed by atoms with Gasteiger partial charge >= 0.3 is 6.03 Å². The number of ether oxygens (including phenoxy) is 1. The maximum absolute atomic E-state index is 12.8.